The molecule has 2 heteroatoms. The fraction of sp³-hybridized carbons (Fsp3) is 1.00. The first-order chi connectivity index (χ1) is 8.83. The Morgan fingerprint density at radius 3 is 2.78 bits per heavy atom. The van der Waals surface area contributed by atoms with Crippen LogP contribution in [0.4, 0.5) is 0 Å². The van der Waals surface area contributed by atoms with E-state index >= 15 is 0 Å². The van der Waals surface area contributed by atoms with Crippen LogP contribution in [0.25, 0.3) is 0 Å². The van der Waals surface area contributed by atoms with Crippen molar-refractivity contribution in [2.45, 2.75) is 82.8 Å². The number of hydrogen-bond acceptors (Lipinski definition) is 2. The zero-order valence-electron chi connectivity index (χ0n) is 12.0. The fourth-order valence-electron chi connectivity index (χ4n) is 4.60. The minimum atomic E-state index is 0.816. The van der Waals surface area contributed by atoms with Crippen LogP contribution < -0.4 is 5.32 Å². The van der Waals surface area contributed by atoms with E-state index in [1.54, 1.807) is 0 Å². The summed E-state index contributed by atoms with van der Waals surface area (Å²) in [5.74, 6) is 0.956. The number of piperidine rings is 3. The van der Waals surface area contributed by atoms with Gasteiger partial charge in [-0.1, -0.05) is 19.8 Å². The Balaban J connectivity index is 1.60. The molecule has 3 aliphatic rings. The molecule has 0 spiro atoms. The molecule has 0 aromatic rings. The lowest BCUT2D eigenvalue weighted by Crippen LogP contribution is -2.53. The zero-order chi connectivity index (χ0) is 12.4. The maximum Gasteiger partial charge on any atom is 0.0115 e. The maximum atomic E-state index is 3.75. The Morgan fingerprint density at radius 1 is 1.06 bits per heavy atom. The van der Waals surface area contributed by atoms with Crippen LogP contribution in [-0.2, 0) is 0 Å². The van der Waals surface area contributed by atoms with Crippen LogP contribution >= 0.6 is 0 Å². The maximum absolute atomic E-state index is 3.75. The largest absolute Gasteiger partial charge is 0.314 e. The summed E-state index contributed by atoms with van der Waals surface area (Å²) in [6.07, 6.45) is 13.0. The number of nitrogens with one attached hydrogen (secondary N) is 1. The first kappa shape index (κ1) is 12.9. The van der Waals surface area contributed by atoms with Crippen LogP contribution in [0.15, 0.2) is 0 Å². The molecule has 2 nitrogen and oxygen atoms in total. The Labute approximate surface area is 113 Å². The minimum Gasteiger partial charge on any atom is -0.314 e. The summed E-state index contributed by atoms with van der Waals surface area (Å²) in [5.41, 5.74) is 0. The second-order valence-electron chi connectivity index (χ2n) is 7.00. The lowest BCUT2D eigenvalue weighted by molar-refractivity contribution is 0.0198. The standard InChI is InChI=1S/C16H30N2/c1-13-10-15-7-3-5-9-18(15)16(11-13)12-14-6-2-4-8-17-14/h13-17H,2-12H2,1H3. The molecule has 0 aliphatic carbocycles. The highest BCUT2D eigenvalue weighted by atomic mass is 15.2. The van der Waals surface area contributed by atoms with Gasteiger partial charge in [-0.2, -0.15) is 0 Å². The zero-order valence-corrected chi connectivity index (χ0v) is 12.0. The number of fused-ring (bicyclic) bond motifs is 1. The van der Waals surface area contributed by atoms with Crippen molar-refractivity contribution < 1.29 is 0 Å². The smallest absolute Gasteiger partial charge is 0.0115 e. The quantitative estimate of drug-likeness (QED) is 0.810. The molecular weight excluding hydrogens is 220 g/mol. The average Bonchev–Trinajstić information content (AvgIpc) is 2.40. The van der Waals surface area contributed by atoms with Gasteiger partial charge in [0.05, 0.1) is 0 Å². The number of hydrogen-bond donors (Lipinski definition) is 1. The first-order valence-electron chi connectivity index (χ1n) is 8.32. The molecule has 4 atom stereocenters. The van der Waals surface area contributed by atoms with Crippen molar-refractivity contribution in [1.82, 2.24) is 10.2 Å². The topological polar surface area (TPSA) is 15.3 Å². The van der Waals surface area contributed by atoms with E-state index in [0.717, 1.165) is 24.0 Å². The van der Waals surface area contributed by atoms with Crippen molar-refractivity contribution in [2.24, 2.45) is 5.92 Å². The summed E-state index contributed by atoms with van der Waals surface area (Å²) in [7, 11) is 0. The van der Waals surface area contributed by atoms with Gasteiger partial charge in [-0.3, -0.25) is 4.90 Å². The lowest BCUT2D eigenvalue weighted by atomic mass is 9.80. The van der Waals surface area contributed by atoms with Gasteiger partial charge in [-0.05, 0) is 64.0 Å². The van der Waals surface area contributed by atoms with Crippen molar-refractivity contribution in [1.29, 1.82) is 0 Å². The third-order valence-electron chi connectivity index (χ3n) is 5.46. The molecule has 3 rings (SSSR count). The van der Waals surface area contributed by atoms with Crippen molar-refractivity contribution in [2.75, 3.05) is 13.1 Å². The van der Waals surface area contributed by atoms with E-state index in [1.807, 2.05) is 0 Å². The molecule has 104 valence electrons. The van der Waals surface area contributed by atoms with Crippen molar-refractivity contribution in [3.05, 3.63) is 0 Å². The van der Waals surface area contributed by atoms with Crippen LogP contribution in [0.5, 0.6) is 0 Å². The normalized spacial score (nSPS) is 42.5. The SMILES string of the molecule is CC1CC2CCCCN2C(CC2CCCCN2)C1. The van der Waals surface area contributed by atoms with Gasteiger partial charge in [0.1, 0.15) is 0 Å². The number of nitrogens with zero attached hydrogens (tertiary/aromatic N) is 1. The lowest BCUT2D eigenvalue weighted by Gasteiger charge is -2.48. The van der Waals surface area contributed by atoms with Gasteiger partial charge in [0.15, 0.2) is 0 Å². The van der Waals surface area contributed by atoms with E-state index in [-0.39, 0.29) is 0 Å². The minimum absolute atomic E-state index is 0.816. The van der Waals surface area contributed by atoms with Crippen molar-refractivity contribution >= 4 is 0 Å². The van der Waals surface area contributed by atoms with E-state index in [2.05, 4.69) is 17.1 Å². The summed E-state index contributed by atoms with van der Waals surface area (Å²) < 4.78 is 0. The Bertz CT molecular complexity index is 260. The van der Waals surface area contributed by atoms with Gasteiger partial charge in [0.25, 0.3) is 0 Å². The molecule has 4 unspecified atom stereocenters. The second-order valence-corrected chi connectivity index (χ2v) is 7.00. The van der Waals surface area contributed by atoms with E-state index in [0.29, 0.717) is 0 Å². The van der Waals surface area contributed by atoms with Crippen LogP contribution in [0.1, 0.15) is 64.7 Å². The highest BCUT2D eigenvalue weighted by Crippen LogP contribution is 2.35. The monoisotopic (exact) mass is 250 g/mol. The Morgan fingerprint density at radius 2 is 1.94 bits per heavy atom. The summed E-state index contributed by atoms with van der Waals surface area (Å²) in [6.45, 7) is 5.12. The van der Waals surface area contributed by atoms with Gasteiger partial charge >= 0.3 is 0 Å². The van der Waals surface area contributed by atoms with Gasteiger partial charge in [0.2, 0.25) is 0 Å². The van der Waals surface area contributed by atoms with Crippen molar-refractivity contribution in [3.63, 3.8) is 0 Å². The predicted molar refractivity (Wildman–Crippen MR) is 76.8 cm³/mol. The van der Waals surface area contributed by atoms with E-state index in [9.17, 15) is 0 Å². The third-order valence-corrected chi connectivity index (χ3v) is 5.46. The molecule has 18 heavy (non-hydrogen) atoms. The molecule has 0 aromatic carbocycles. The molecule has 3 heterocycles. The molecule has 3 saturated heterocycles. The van der Waals surface area contributed by atoms with E-state index < -0.39 is 0 Å². The highest BCUT2D eigenvalue weighted by molar-refractivity contribution is 4.92. The average molecular weight is 250 g/mol. The Kier molecular flexibility index (Phi) is 4.25. The molecule has 0 radical (unpaired) electrons. The summed E-state index contributed by atoms with van der Waals surface area (Å²) in [4.78, 5) is 2.89. The van der Waals surface area contributed by atoms with Crippen LogP contribution in [0.2, 0.25) is 0 Å². The molecule has 0 aromatic heterocycles. The molecule has 3 fully saturated rings. The van der Waals surface area contributed by atoms with Crippen LogP contribution in [0.3, 0.4) is 0 Å². The van der Waals surface area contributed by atoms with Gasteiger partial charge in [0, 0.05) is 18.1 Å². The van der Waals surface area contributed by atoms with Crippen LogP contribution in [-0.4, -0.2) is 36.1 Å². The van der Waals surface area contributed by atoms with Gasteiger partial charge < -0.3 is 5.32 Å². The first-order valence-corrected chi connectivity index (χ1v) is 8.32. The predicted octanol–water partition coefficient (Wildman–Crippen LogP) is 3.17. The second kappa shape index (κ2) is 5.92. The van der Waals surface area contributed by atoms with Crippen LogP contribution in [0, 0.1) is 5.92 Å². The summed E-state index contributed by atoms with van der Waals surface area (Å²) in [6, 6.07) is 2.63. The molecule has 0 amide bonds. The molecule has 1 N–H and O–H groups in total. The molecule has 0 saturated carbocycles. The highest BCUT2D eigenvalue weighted by Gasteiger charge is 2.36. The number of rotatable bonds is 2. The Hall–Kier alpha value is -0.0800. The fourth-order valence-corrected chi connectivity index (χ4v) is 4.60. The summed E-state index contributed by atoms with van der Waals surface area (Å²) >= 11 is 0. The third kappa shape index (κ3) is 2.91. The van der Waals surface area contributed by atoms with Crippen molar-refractivity contribution in [3.8, 4) is 0 Å². The van der Waals surface area contributed by atoms with Gasteiger partial charge in [-0.25, -0.2) is 0 Å². The molecule has 3 aliphatic heterocycles. The summed E-state index contributed by atoms with van der Waals surface area (Å²) in [5, 5.41) is 3.75. The van der Waals surface area contributed by atoms with E-state index in [4.69, 9.17) is 0 Å². The molecular formula is C16H30N2. The van der Waals surface area contributed by atoms with E-state index in [1.165, 1.54) is 70.9 Å². The van der Waals surface area contributed by atoms with Gasteiger partial charge in [-0.15, -0.1) is 0 Å². The molecule has 0 bridgehead atoms.